The molecular weight excluding hydrogens is 618 g/mol. The fourth-order valence-electron chi connectivity index (χ4n) is 8.92. The standard InChI is InChI=1S/C37H45N9O3/c1-44(2)33(48)25-10-12-29-23(16-25)8-9-24-17-26(34(49)45(3)4)11-13-30(24)37(29,35-40-42-43-41-35)22-36(14-6-5-7-15-36)39-21-32(47)46-28(20-38)18-27-19-31(27)46/h10-13,16-17,27-28,31,39H,5-9,14-15,18-19,21-22H2,1-4H3,(H,40,41,42,43)/t27-,28+,31+/m1/s1. The Bertz CT molecular complexity index is 1730. The maximum absolute atomic E-state index is 13.8. The zero-order valence-corrected chi connectivity index (χ0v) is 28.8. The number of amides is 3. The number of carbonyl (C=O) groups is 3. The van der Waals surface area contributed by atoms with E-state index in [1.807, 2.05) is 41.3 Å². The first-order valence-electron chi connectivity index (χ1n) is 17.5. The molecule has 3 fully saturated rings. The molecule has 49 heavy (non-hydrogen) atoms. The number of nitrogens with zero attached hydrogens (tertiary/aromatic N) is 7. The van der Waals surface area contributed by atoms with Crippen LogP contribution in [-0.4, -0.2) is 105 Å². The van der Waals surface area contributed by atoms with E-state index in [1.54, 1.807) is 38.0 Å². The van der Waals surface area contributed by atoms with E-state index in [0.717, 1.165) is 67.2 Å². The SMILES string of the molecule is CN(C)C(=O)c1ccc2c(c1)CCc1cc(C(=O)N(C)C)ccc1C2(CC1(NCC(=O)N2[C@H](C#N)C[C@@H]3C[C@@H]32)CCCCC1)c1nn[nH]n1. The van der Waals surface area contributed by atoms with Crippen molar-refractivity contribution in [3.63, 3.8) is 0 Å². The van der Waals surface area contributed by atoms with Crippen LogP contribution in [0.25, 0.3) is 0 Å². The molecule has 3 aromatic rings. The van der Waals surface area contributed by atoms with Crippen molar-refractivity contribution < 1.29 is 14.4 Å². The molecular formula is C37H45N9O3. The van der Waals surface area contributed by atoms with Gasteiger partial charge in [0.25, 0.3) is 11.8 Å². The summed E-state index contributed by atoms with van der Waals surface area (Å²) in [4.78, 5) is 45.2. The average Bonchev–Trinajstić information content (AvgIpc) is 3.48. The van der Waals surface area contributed by atoms with Crippen LogP contribution in [-0.2, 0) is 23.1 Å². The molecule has 3 aliphatic carbocycles. The molecule has 2 heterocycles. The molecule has 0 unspecified atom stereocenters. The predicted octanol–water partition coefficient (Wildman–Crippen LogP) is 3.23. The number of H-pyrrole nitrogens is 1. The predicted molar refractivity (Wildman–Crippen MR) is 182 cm³/mol. The lowest BCUT2D eigenvalue weighted by Crippen LogP contribution is -2.55. The molecule has 256 valence electrons. The van der Waals surface area contributed by atoms with Crippen LogP contribution in [0.4, 0.5) is 0 Å². The summed E-state index contributed by atoms with van der Waals surface area (Å²) in [5.74, 6) is 0.793. The van der Waals surface area contributed by atoms with Crippen molar-refractivity contribution in [2.75, 3.05) is 34.7 Å². The molecule has 1 aromatic heterocycles. The van der Waals surface area contributed by atoms with Crippen molar-refractivity contribution in [2.24, 2.45) is 5.92 Å². The number of aromatic amines is 1. The van der Waals surface area contributed by atoms with Gasteiger partial charge in [0.2, 0.25) is 5.91 Å². The van der Waals surface area contributed by atoms with Gasteiger partial charge in [-0.05, 0) is 97.4 Å². The fraction of sp³-hybridized carbons (Fsp3) is 0.541. The third kappa shape index (κ3) is 5.78. The van der Waals surface area contributed by atoms with Gasteiger partial charge in [0.05, 0.1) is 18.0 Å². The molecule has 1 aliphatic heterocycles. The van der Waals surface area contributed by atoms with Gasteiger partial charge < -0.3 is 20.0 Å². The lowest BCUT2D eigenvalue weighted by atomic mass is 9.62. The van der Waals surface area contributed by atoms with Gasteiger partial charge in [0, 0.05) is 50.9 Å². The highest BCUT2D eigenvalue weighted by atomic mass is 16.2. The highest BCUT2D eigenvalue weighted by Gasteiger charge is 2.55. The number of nitrogens with one attached hydrogen (secondary N) is 2. The van der Waals surface area contributed by atoms with Crippen LogP contribution < -0.4 is 5.32 Å². The molecule has 2 saturated carbocycles. The van der Waals surface area contributed by atoms with Crippen LogP contribution in [0.15, 0.2) is 36.4 Å². The van der Waals surface area contributed by atoms with Gasteiger partial charge in [0.1, 0.15) is 6.04 Å². The second-order valence-corrected chi connectivity index (χ2v) is 14.9. The number of benzene rings is 2. The minimum Gasteiger partial charge on any atom is -0.345 e. The van der Waals surface area contributed by atoms with Gasteiger partial charge in [0.15, 0.2) is 5.82 Å². The highest BCUT2D eigenvalue weighted by molar-refractivity contribution is 5.95. The van der Waals surface area contributed by atoms with Gasteiger partial charge in [-0.25, -0.2) is 0 Å². The first-order valence-corrected chi connectivity index (χ1v) is 17.5. The van der Waals surface area contributed by atoms with E-state index < -0.39 is 11.0 Å². The smallest absolute Gasteiger partial charge is 0.253 e. The third-order valence-corrected chi connectivity index (χ3v) is 11.4. The average molecular weight is 664 g/mol. The Morgan fingerprint density at radius 2 is 1.55 bits per heavy atom. The number of hydrogen-bond acceptors (Lipinski definition) is 8. The summed E-state index contributed by atoms with van der Waals surface area (Å²) in [7, 11) is 7.00. The fourth-order valence-corrected chi connectivity index (χ4v) is 8.92. The van der Waals surface area contributed by atoms with Crippen molar-refractivity contribution in [1.29, 1.82) is 5.26 Å². The number of tetrazole rings is 1. The summed E-state index contributed by atoms with van der Waals surface area (Å²) in [6, 6.07) is 14.0. The number of likely N-dealkylation sites (tertiary alicyclic amines) is 1. The summed E-state index contributed by atoms with van der Waals surface area (Å²) < 4.78 is 0. The summed E-state index contributed by atoms with van der Waals surface area (Å²) in [6.07, 6.45) is 8.43. The monoisotopic (exact) mass is 663 g/mol. The summed E-state index contributed by atoms with van der Waals surface area (Å²) in [6.45, 7) is 0.149. The molecule has 0 radical (unpaired) electrons. The van der Waals surface area contributed by atoms with Crippen LogP contribution in [0.1, 0.15) is 100 Å². The number of nitriles is 1. The van der Waals surface area contributed by atoms with E-state index in [1.165, 1.54) is 0 Å². The first kappa shape index (κ1) is 32.9. The van der Waals surface area contributed by atoms with E-state index in [-0.39, 0.29) is 36.3 Å². The van der Waals surface area contributed by atoms with Crippen molar-refractivity contribution in [1.82, 2.24) is 40.6 Å². The van der Waals surface area contributed by atoms with E-state index in [9.17, 15) is 19.6 Å². The molecule has 12 heteroatoms. The van der Waals surface area contributed by atoms with Gasteiger partial charge in [-0.2, -0.15) is 10.5 Å². The Kier molecular flexibility index (Phi) is 8.51. The Labute approximate surface area is 287 Å². The summed E-state index contributed by atoms with van der Waals surface area (Å²) >= 11 is 0. The molecule has 3 atom stereocenters. The highest BCUT2D eigenvalue weighted by Crippen LogP contribution is 2.51. The van der Waals surface area contributed by atoms with E-state index in [4.69, 9.17) is 0 Å². The largest absolute Gasteiger partial charge is 0.345 e. The molecule has 7 rings (SSSR count). The zero-order chi connectivity index (χ0) is 34.5. The Morgan fingerprint density at radius 1 is 0.939 bits per heavy atom. The Morgan fingerprint density at radius 3 is 2.08 bits per heavy atom. The van der Waals surface area contributed by atoms with Crippen LogP contribution in [0.2, 0.25) is 0 Å². The van der Waals surface area contributed by atoms with Crippen molar-refractivity contribution in [3.05, 3.63) is 75.6 Å². The maximum Gasteiger partial charge on any atom is 0.253 e. The Hall–Kier alpha value is -4.63. The first-order chi connectivity index (χ1) is 23.6. The Balaban J connectivity index is 1.37. The van der Waals surface area contributed by atoms with Gasteiger partial charge in [-0.15, -0.1) is 10.2 Å². The third-order valence-electron chi connectivity index (χ3n) is 11.4. The van der Waals surface area contributed by atoms with E-state index in [0.29, 0.717) is 42.1 Å². The second kappa shape index (κ2) is 12.7. The molecule has 3 amide bonds. The lowest BCUT2D eigenvalue weighted by Gasteiger charge is -2.46. The van der Waals surface area contributed by atoms with Gasteiger partial charge in [-0.1, -0.05) is 36.6 Å². The lowest BCUT2D eigenvalue weighted by molar-refractivity contribution is -0.131. The van der Waals surface area contributed by atoms with Crippen LogP contribution >= 0.6 is 0 Å². The van der Waals surface area contributed by atoms with E-state index >= 15 is 0 Å². The summed E-state index contributed by atoms with van der Waals surface area (Å²) in [5.41, 5.74) is 3.87. The minimum atomic E-state index is -0.911. The number of fused-ring (bicyclic) bond motifs is 3. The van der Waals surface area contributed by atoms with Crippen LogP contribution in [0.5, 0.6) is 0 Å². The molecule has 1 saturated heterocycles. The second-order valence-electron chi connectivity index (χ2n) is 14.9. The number of hydrogen-bond donors (Lipinski definition) is 2. The van der Waals surface area contributed by atoms with Crippen molar-refractivity contribution >= 4 is 17.7 Å². The molecule has 2 aromatic carbocycles. The molecule has 12 nitrogen and oxygen atoms in total. The van der Waals surface area contributed by atoms with Gasteiger partial charge >= 0.3 is 0 Å². The number of rotatable bonds is 8. The molecule has 2 N–H and O–H groups in total. The zero-order valence-electron chi connectivity index (χ0n) is 28.8. The van der Waals surface area contributed by atoms with Crippen molar-refractivity contribution in [2.45, 2.75) is 87.2 Å². The maximum atomic E-state index is 13.8. The number of carbonyl (C=O) groups excluding carboxylic acids is 3. The normalized spacial score (nSPS) is 22.9. The number of aromatic nitrogens is 4. The number of piperidine rings is 1. The topological polar surface area (TPSA) is 151 Å². The van der Waals surface area contributed by atoms with Crippen LogP contribution in [0.3, 0.4) is 0 Å². The summed E-state index contributed by atoms with van der Waals surface area (Å²) in [5, 5.41) is 29.7. The number of aryl methyl sites for hydroxylation is 2. The van der Waals surface area contributed by atoms with Gasteiger partial charge in [-0.3, -0.25) is 14.4 Å². The quantitative estimate of drug-likeness (QED) is 0.373. The molecule has 4 aliphatic rings. The van der Waals surface area contributed by atoms with Crippen molar-refractivity contribution in [3.8, 4) is 6.07 Å². The van der Waals surface area contributed by atoms with E-state index in [2.05, 4.69) is 32.0 Å². The minimum absolute atomic E-state index is 0.0181. The molecule has 0 spiro atoms. The molecule has 0 bridgehead atoms. The van der Waals surface area contributed by atoms with Crippen LogP contribution in [0, 0.1) is 17.2 Å².